The summed E-state index contributed by atoms with van der Waals surface area (Å²) in [4.78, 5) is 42.1. The van der Waals surface area contributed by atoms with Gasteiger partial charge in [0.05, 0.1) is 11.8 Å². The van der Waals surface area contributed by atoms with Crippen LogP contribution in [-0.4, -0.2) is 47.4 Å². The van der Waals surface area contributed by atoms with E-state index in [1.807, 2.05) is 0 Å². The number of ether oxygens (including phenoxy) is 1. The van der Waals surface area contributed by atoms with Crippen molar-refractivity contribution in [2.75, 3.05) is 23.8 Å². The number of nitrogens with one attached hydrogen (secondary N) is 2. The highest BCUT2D eigenvalue weighted by atomic mass is 32.1. The Hall–Kier alpha value is -3.90. The van der Waals surface area contributed by atoms with E-state index in [9.17, 15) is 23.2 Å². The van der Waals surface area contributed by atoms with Crippen molar-refractivity contribution in [3.63, 3.8) is 0 Å². The summed E-state index contributed by atoms with van der Waals surface area (Å²) in [6.07, 6.45) is 6.34. The Morgan fingerprint density at radius 1 is 1.02 bits per heavy atom. The number of nitrogens with zero attached hydrogens (tertiary/aromatic N) is 2. The minimum Gasteiger partial charge on any atom is -0.395 e. The molecule has 2 fully saturated rings. The molecule has 1 aromatic heterocycles. The normalized spacial score (nSPS) is 17.9. The van der Waals surface area contributed by atoms with E-state index < -0.39 is 35.4 Å². The predicted octanol–water partition coefficient (Wildman–Crippen LogP) is 4.75. The van der Waals surface area contributed by atoms with E-state index in [4.69, 9.17) is 10.5 Å². The summed E-state index contributed by atoms with van der Waals surface area (Å²) in [5, 5.41) is 5.79. The van der Waals surface area contributed by atoms with Gasteiger partial charge in [-0.25, -0.2) is 8.78 Å². The molecule has 1 saturated carbocycles. The van der Waals surface area contributed by atoms with E-state index in [0.717, 1.165) is 67.4 Å². The maximum atomic E-state index is 14.5. The lowest BCUT2D eigenvalue weighted by Gasteiger charge is -2.31. The maximum absolute atomic E-state index is 14.5. The number of carbonyl (C=O) groups is 3. The van der Waals surface area contributed by atoms with Crippen LogP contribution >= 0.6 is 11.5 Å². The molecule has 2 aromatic carbocycles. The number of carbonyl (C=O) groups excluding carboxylic acids is 3. The second-order valence-electron chi connectivity index (χ2n) is 10.6. The second-order valence-corrected chi connectivity index (χ2v) is 11.3. The third-order valence-electron chi connectivity index (χ3n) is 7.60. The summed E-state index contributed by atoms with van der Waals surface area (Å²) in [6.45, 7) is 0.799. The van der Waals surface area contributed by atoms with E-state index >= 15 is 0 Å². The molecule has 2 atom stereocenters. The van der Waals surface area contributed by atoms with Gasteiger partial charge in [-0.2, -0.15) is 4.37 Å². The Labute approximate surface area is 246 Å². The lowest BCUT2D eigenvalue weighted by Crippen LogP contribution is -2.45. The highest BCUT2D eigenvalue weighted by Crippen LogP contribution is 2.34. The van der Waals surface area contributed by atoms with E-state index in [1.54, 1.807) is 0 Å². The summed E-state index contributed by atoms with van der Waals surface area (Å²) in [5.41, 5.74) is 6.49. The Balaban J connectivity index is 1.50. The molecule has 0 bridgehead atoms. The van der Waals surface area contributed by atoms with Gasteiger partial charge >= 0.3 is 0 Å². The van der Waals surface area contributed by atoms with Crippen molar-refractivity contribution in [2.24, 2.45) is 0 Å². The number of hydrogen-bond acceptors (Lipinski definition) is 7. The van der Waals surface area contributed by atoms with Gasteiger partial charge in [-0.15, -0.1) is 0 Å². The Kier molecular flexibility index (Phi) is 9.43. The van der Waals surface area contributed by atoms with Crippen LogP contribution in [0.5, 0.6) is 0 Å². The topological polar surface area (TPSA) is 127 Å². The molecule has 4 N–H and O–H groups in total. The van der Waals surface area contributed by atoms with Gasteiger partial charge < -0.3 is 21.1 Å². The van der Waals surface area contributed by atoms with Crippen LogP contribution in [0, 0.1) is 11.6 Å². The van der Waals surface area contributed by atoms with E-state index in [2.05, 4.69) is 15.0 Å². The lowest BCUT2D eigenvalue weighted by atomic mass is 9.95. The summed E-state index contributed by atoms with van der Waals surface area (Å²) in [5.74, 6) is -2.97. The van der Waals surface area contributed by atoms with Crippen molar-refractivity contribution in [3.05, 3.63) is 76.3 Å². The van der Waals surface area contributed by atoms with E-state index in [-0.39, 0.29) is 46.2 Å². The number of anilines is 2. The van der Waals surface area contributed by atoms with Crippen molar-refractivity contribution in [1.82, 2.24) is 15.0 Å². The summed E-state index contributed by atoms with van der Waals surface area (Å²) in [7, 11) is 0. The first-order chi connectivity index (χ1) is 20.3. The van der Waals surface area contributed by atoms with E-state index in [0.29, 0.717) is 6.61 Å². The fraction of sp³-hybridized carbons (Fsp3) is 0.400. The maximum Gasteiger partial charge on any atom is 0.273 e. The van der Waals surface area contributed by atoms with Crippen LogP contribution < -0.4 is 21.3 Å². The fourth-order valence-corrected chi connectivity index (χ4v) is 6.15. The number of rotatable bonds is 9. The number of nitrogens with two attached hydrogens (primary N) is 1. The molecule has 1 aliphatic carbocycles. The second kappa shape index (κ2) is 13.4. The van der Waals surface area contributed by atoms with Gasteiger partial charge in [0.2, 0.25) is 5.91 Å². The molecule has 1 aliphatic heterocycles. The molecule has 9 nitrogen and oxygen atoms in total. The molecule has 3 aromatic rings. The summed E-state index contributed by atoms with van der Waals surface area (Å²) in [6, 6.07) is 9.05. The minimum absolute atomic E-state index is 0.00527. The van der Waals surface area contributed by atoms with Crippen molar-refractivity contribution in [1.29, 1.82) is 0 Å². The van der Waals surface area contributed by atoms with Crippen LogP contribution in [0.25, 0.3) is 0 Å². The van der Waals surface area contributed by atoms with Gasteiger partial charge in [0.25, 0.3) is 11.8 Å². The van der Waals surface area contributed by atoms with Gasteiger partial charge in [0, 0.05) is 24.9 Å². The Bertz CT molecular complexity index is 1420. The molecule has 5 rings (SSSR count). The van der Waals surface area contributed by atoms with Crippen molar-refractivity contribution in [3.8, 4) is 0 Å². The monoisotopic (exact) mass is 597 g/mol. The Morgan fingerprint density at radius 2 is 1.79 bits per heavy atom. The molecule has 2 heterocycles. The number of hydrogen-bond donors (Lipinski definition) is 3. The molecule has 0 spiro atoms. The number of amides is 3. The highest BCUT2D eigenvalue weighted by molar-refractivity contribution is 7.09. The molecule has 3 amide bonds. The number of benzene rings is 2. The van der Waals surface area contributed by atoms with Crippen LogP contribution in [0.15, 0.2) is 48.5 Å². The standard InChI is InChI=1S/C30H33F2N5O4S/c31-19-13-11-18(12-14-19)26(29(39)34-17-23-10-5-15-41-23)37(22-9-4-6-20(32)16-22)30(40)27-24(33)25(36-42-27)28(38)35-21-7-2-1-3-8-21/h4,6,9,11-14,16,21,23,26H,1-3,5,7-8,10,15,17,33H2,(H,34,39)(H,35,38). The van der Waals surface area contributed by atoms with Crippen LogP contribution in [-0.2, 0) is 9.53 Å². The van der Waals surface area contributed by atoms with Gasteiger partial charge in [-0.05, 0) is 73.1 Å². The molecule has 222 valence electrons. The fourth-order valence-electron chi connectivity index (χ4n) is 5.41. The third-order valence-corrected chi connectivity index (χ3v) is 8.45. The van der Waals surface area contributed by atoms with Crippen LogP contribution in [0.3, 0.4) is 0 Å². The number of halogens is 2. The molecular weight excluding hydrogens is 564 g/mol. The zero-order valence-corrected chi connectivity index (χ0v) is 23.8. The lowest BCUT2D eigenvalue weighted by molar-refractivity contribution is -0.123. The molecule has 0 radical (unpaired) electrons. The van der Waals surface area contributed by atoms with Gasteiger partial charge in [-0.3, -0.25) is 19.3 Å². The number of nitrogen functional groups attached to an aromatic ring is 1. The van der Waals surface area contributed by atoms with Crippen molar-refractivity contribution >= 4 is 40.6 Å². The average Bonchev–Trinajstić information content (AvgIpc) is 3.65. The minimum atomic E-state index is -1.33. The van der Waals surface area contributed by atoms with Gasteiger partial charge in [0.1, 0.15) is 22.6 Å². The zero-order valence-electron chi connectivity index (χ0n) is 23.0. The zero-order chi connectivity index (χ0) is 29.6. The molecular formula is C30H33F2N5O4S. The number of aromatic nitrogens is 1. The first-order valence-corrected chi connectivity index (χ1v) is 14.9. The molecule has 2 unspecified atom stereocenters. The molecule has 42 heavy (non-hydrogen) atoms. The predicted molar refractivity (Wildman–Crippen MR) is 155 cm³/mol. The first-order valence-electron chi connectivity index (χ1n) is 14.1. The van der Waals surface area contributed by atoms with Gasteiger partial charge in [-0.1, -0.05) is 37.5 Å². The van der Waals surface area contributed by atoms with Crippen molar-refractivity contribution in [2.45, 2.75) is 63.1 Å². The summed E-state index contributed by atoms with van der Waals surface area (Å²) < 4.78 is 38.2. The quantitative estimate of drug-likeness (QED) is 0.327. The van der Waals surface area contributed by atoms with Crippen molar-refractivity contribution < 1.29 is 27.9 Å². The smallest absolute Gasteiger partial charge is 0.273 e. The third kappa shape index (κ3) is 6.76. The van der Waals surface area contributed by atoms with Crippen LogP contribution in [0.4, 0.5) is 20.2 Å². The molecule has 12 heteroatoms. The average molecular weight is 598 g/mol. The summed E-state index contributed by atoms with van der Waals surface area (Å²) >= 11 is 0.730. The first kappa shape index (κ1) is 29.6. The van der Waals surface area contributed by atoms with Crippen LogP contribution in [0.2, 0.25) is 0 Å². The highest BCUT2D eigenvalue weighted by Gasteiger charge is 2.37. The SMILES string of the molecule is Nc1c(C(=O)NC2CCCCC2)nsc1C(=O)N(c1cccc(F)c1)C(C(=O)NCC1CCCO1)c1ccc(F)cc1. The Morgan fingerprint density at radius 3 is 2.48 bits per heavy atom. The van der Waals surface area contributed by atoms with Gasteiger partial charge in [0.15, 0.2) is 5.69 Å². The molecule has 1 saturated heterocycles. The molecule has 2 aliphatic rings. The van der Waals surface area contributed by atoms with Crippen LogP contribution in [0.1, 0.15) is 76.7 Å². The van der Waals surface area contributed by atoms with E-state index in [1.165, 1.54) is 42.5 Å². The largest absolute Gasteiger partial charge is 0.395 e.